The smallest absolute Gasteiger partial charge is 0.181 e. The number of rotatable bonds is 7. The van der Waals surface area contributed by atoms with Gasteiger partial charge in [0.05, 0.1) is 0 Å². The van der Waals surface area contributed by atoms with Gasteiger partial charge in [0.25, 0.3) is 0 Å². The summed E-state index contributed by atoms with van der Waals surface area (Å²) in [7, 11) is 0. The highest BCUT2D eigenvalue weighted by molar-refractivity contribution is 6.30. The van der Waals surface area contributed by atoms with Gasteiger partial charge >= 0.3 is 0 Å². The standard InChI is InChI=1S/C27H22ClN3O/c28-23-15-13-22(14-16-23)25-27(29-18-20-8-3-1-4-9-20)31-17-7-12-24(26(31)30-25)32-19-21-10-5-2-6-11-21/h1-17,29H,18-19H2. The summed E-state index contributed by atoms with van der Waals surface area (Å²) < 4.78 is 8.21. The van der Waals surface area contributed by atoms with Crippen molar-refractivity contribution in [2.75, 3.05) is 5.32 Å². The maximum Gasteiger partial charge on any atom is 0.181 e. The molecule has 0 saturated carbocycles. The zero-order valence-electron chi connectivity index (χ0n) is 17.4. The second-order valence-corrected chi connectivity index (χ2v) is 7.93. The molecular weight excluding hydrogens is 418 g/mol. The molecule has 0 unspecified atom stereocenters. The molecule has 158 valence electrons. The lowest BCUT2D eigenvalue weighted by Crippen LogP contribution is -2.03. The molecule has 2 aromatic heterocycles. The molecule has 0 aliphatic carbocycles. The van der Waals surface area contributed by atoms with Crippen LogP contribution in [0.15, 0.2) is 103 Å². The van der Waals surface area contributed by atoms with Gasteiger partial charge in [-0.3, -0.25) is 4.40 Å². The van der Waals surface area contributed by atoms with Crippen LogP contribution in [-0.2, 0) is 13.2 Å². The fraction of sp³-hybridized carbons (Fsp3) is 0.0741. The van der Waals surface area contributed by atoms with E-state index in [0.717, 1.165) is 34.0 Å². The number of nitrogens with one attached hydrogen (secondary N) is 1. The van der Waals surface area contributed by atoms with E-state index in [2.05, 4.69) is 29.6 Å². The first kappa shape index (κ1) is 20.2. The van der Waals surface area contributed by atoms with Crippen molar-refractivity contribution in [1.82, 2.24) is 9.38 Å². The third-order valence-electron chi connectivity index (χ3n) is 5.27. The Morgan fingerprint density at radius 2 is 1.47 bits per heavy atom. The first-order valence-corrected chi connectivity index (χ1v) is 10.9. The van der Waals surface area contributed by atoms with Crippen molar-refractivity contribution in [3.63, 3.8) is 0 Å². The van der Waals surface area contributed by atoms with E-state index < -0.39 is 0 Å². The lowest BCUT2D eigenvalue weighted by molar-refractivity contribution is 0.308. The van der Waals surface area contributed by atoms with Gasteiger partial charge in [0.1, 0.15) is 18.1 Å². The van der Waals surface area contributed by atoms with Crippen molar-refractivity contribution in [2.45, 2.75) is 13.2 Å². The number of fused-ring (bicyclic) bond motifs is 1. The minimum absolute atomic E-state index is 0.483. The Morgan fingerprint density at radius 3 is 2.19 bits per heavy atom. The Labute approximate surface area is 192 Å². The van der Waals surface area contributed by atoms with Crippen molar-refractivity contribution >= 4 is 23.1 Å². The third kappa shape index (κ3) is 4.32. The molecule has 0 aliphatic heterocycles. The van der Waals surface area contributed by atoms with Crippen LogP contribution in [-0.4, -0.2) is 9.38 Å². The maximum atomic E-state index is 6.16. The van der Waals surface area contributed by atoms with Gasteiger partial charge in [-0.25, -0.2) is 4.98 Å². The summed E-state index contributed by atoms with van der Waals surface area (Å²) >= 11 is 6.12. The summed E-state index contributed by atoms with van der Waals surface area (Å²) in [6.45, 7) is 1.17. The number of halogens is 1. The molecule has 0 amide bonds. The lowest BCUT2D eigenvalue weighted by atomic mass is 10.1. The van der Waals surface area contributed by atoms with Gasteiger partial charge in [-0.05, 0) is 35.4 Å². The number of benzene rings is 3. The maximum absolute atomic E-state index is 6.16. The molecule has 1 N–H and O–H groups in total. The highest BCUT2D eigenvalue weighted by atomic mass is 35.5. The van der Waals surface area contributed by atoms with Crippen LogP contribution in [0, 0.1) is 0 Å². The molecule has 0 fully saturated rings. The van der Waals surface area contributed by atoms with E-state index in [4.69, 9.17) is 21.3 Å². The number of nitrogens with zero attached hydrogens (tertiary/aromatic N) is 2. The van der Waals surface area contributed by atoms with Crippen LogP contribution in [0.2, 0.25) is 5.02 Å². The Hall–Kier alpha value is -3.76. The van der Waals surface area contributed by atoms with Crippen LogP contribution in [0.3, 0.4) is 0 Å². The van der Waals surface area contributed by atoms with E-state index in [1.807, 2.05) is 83.4 Å². The average Bonchev–Trinajstić information content (AvgIpc) is 3.22. The predicted molar refractivity (Wildman–Crippen MR) is 130 cm³/mol. The largest absolute Gasteiger partial charge is 0.485 e. The quantitative estimate of drug-likeness (QED) is 0.301. The van der Waals surface area contributed by atoms with Crippen molar-refractivity contribution in [3.05, 3.63) is 119 Å². The highest BCUT2D eigenvalue weighted by Gasteiger charge is 2.17. The monoisotopic (exact) mass is 439 g/mol. The van der Waals surface area contributed by atoms with Crippen LogP contribution < -0.4 is 10.1 Å². The molecule has 0 radical (unpaired) electrons. The summed E-state index contributed by atoms with van der Waals surface area (Å²) in [4.78, 5) is 4.97. The summed E-state index contributed by atoms with van der Waals surface area (Å²) in [5.41, 5.74) is 4.92. The van der Waals surface area contributed by atoms with E-state index in [-0.39, 0.29) is 0 Å². The normalized spacial score (nSPS) is 10.9. The van der Waals surface area contributed by atoms with Crippen molar-refractivity contribution in [2.24, 2.45) is 0 Å². The molecule has 2 heterocycles. The molecule has 5 aromatic rings. The summed E-state index contributed by atoms with van der Waals surface area (Å²) in [5.74, 6) is 1.65. The summed E-state index contributed by atoms with van der Waals surface area (Å²) in [6, 6.07) is 32.1. The Kier molecular flexibility index (Phi) is 5.77. The number of pyridine rings is 1. The molecule has 0 aliphatic rings. The molecule has 0 atom stereocenters. The number of aromatic nitrogens is 2. The van der Waals surface area contributed by atoms with E-state index in [9.17, 15) is 0 Å². The number of hydrogen-bond donors (Lipinski definition) is 1. The van der Waals surface area contributed by atoms with E-state index in [1.165, 1.54) is 5.56 Å². The van der Waals surface area contributed by atoms with Crippen molar-refractivity contribution in [1.29, 1.82) is 0 Å². The van der Waals surface area contributed by atoms with Crippen LogP contribution in [0.1, 0.15) is 11.1 Å². The predicted octanol–water partition coefficient (Wildman–Crippen LogP) is 6.85. The number of anilines is 1. The molecule has 5 rings (SSSR count). The van der Waals surface area contributed by atoms with Crippen molar-refractivity contribution in [3.8, 4) is 17.0 Å². The number of imidazole rings is 1. The summed E-state index contributed by atoms with van der Waals surface area (Å²) in [5, 5.41) is 4.28. The molecular formula is C27H22ClN3O. The van der Waals surface area contributed by atoms with Crippen LogP contribution in [0.25, 0.3) is 16.9 Å². The molecule has 0 bridgehead atoms. The average molecular weight is 440 g/mol. The van der Waals surface area contributed by atoms with Gasteiger partial charge in [-0.2, -0.15) is 0 Å². The van der Waals surface area contributed by atoms with E-state index in [0.29, 0.717) is 18.2 Å². The number of hydrogen-bond acceptors (Lipinski definition) is 3. The molecule has 4 nitrogen and oxygen atoms in total. The second-order valence-electron chi connectivity index (χ2n) is 7.50. The second kappa shape index (κ2) is 9.16. The Bertz CT molecular complexity index is 1320. The minimum Gasteiger partial charge on any atom is -0.485 e. The molecule has 5 heteroatoms. The van der Waals surface area contributed by atoms with E-state index in [1.54, 1.807) is 0 Å². The lowest BCUT2D eigenvalue weighted by Gasteiger charge is -2.10. The third-order valence-corrected chi connectivity index (χ3v) is 5.52. The zero-order valence-corrected chi connectivity index (χ0v) is 18.2. The van der Waals surface area contributed by atoms with Crippen molar-refractivity contribution < 1.29 is 4.74 Å². The van der Waals surface area contributed by atoms with Crippen LogP contribution in [0.5, 0.6) is 5.75 Å². The van der Waals surface area contributed by atoms with Gasteiger partial charge in [0, 0.05) is 23.3 Å². The molecule has 32 heavy (non-hydrogen) atoms. The van der Waals surface area contributed by atoms with Gasteiger partial charge in [0.2, 0.25) is 0 Å². The van der Waals surface area contributed by atoms with Gasteiger partial charge in [-0.15, -0.1) is 0 Å². The van der Waals surface area contributed by atoms with Crippen LogP contribution in [0.4, 0.5) is 5.82 Å². The molecule has 0 saturated heterocycles. The molecule has 0 spiro atoms. The topological polar surface area (TPSA) is 38.6 Å². The van der Waals surface area contributed by atoms with Crippen LogP contribution >= 0.6 is 11.6 Å². The van der Waals surface area contributed by atoms with Gasteiger partial charge in [0.15, 0.2) is 11.4 Å². The Morgan fingerprint density at radius 1 is 0.781 bits per heavy atom. The molecule has 3 aromatic carbocycles. The van der Waals surface area contributed by atoms with E-state index >= 15 is 0 Å². The highest BCUT2D eigenvalue weighted by Crippen LogP contribution is 2.33. The SMILES string of the molecule is Clc1ccc(-c2nc3c(OCc4ccccc4)cccn3c2NCc2ccccc2)cc1. The van der Waals surface area contributed by atoms with Gasteiger partial charge < -0.3 is 10.1 Å². The first-order chi connectivity index (χ1) is 15.8. The minimum atomic E-state index is 0.483. The zero-order chi connectivity index (χ0) is 21.8. The summed E-state index contributed by atoms with van der Waals surface area (Å²) in [6.07, 6.45) is 2.00. The Balaban J connectivity index is 1.54. The first-order valence-electron chi connectivity index (χ1n) is 10.5. The fourth-order valence-electron chi connectivity index (χ4n) is 3.65. The fourth-order valence-corrected chi connectivity index (χ4v) is 3.78. The van der Waals surface area contributed by atoms with Gasteiger partial charge in [-0.1, -0.05) is 84.4 Å². The number of ether oxygens (including phenoxy) is 1.